The lowest BCUT2D eigenvalue weighted by atomic mass is 9.89. The van der Waals surface area contributed by atoms with Crippen LogP contribution in [-0.2, 0) is 11.3 Å². The summed E-state index contributed by atoms with van der Waals surface area (Å²) in [6.07, 6.45) is 1.54. The third-order valence-electron chi connectivity index (χ3n) is 6.21. The number of nitrogens with one attached hydrogen (secondary N) is 2. The Labute approximate surface area is 217 Å². The van der Waals surface area contributed by atoms with Gasteiger partial charge in [-0.2, -0.15) is 0 Å². The van der Waals surface area contributed by atoms with Gasteiger partial charge in [-0.05, 0) is 53.6 Å². The number of carbonyl (C=O) groups is 2. The molecule has 37 heavy (non-hydrogen) atoms. The zero-order valence-corrected chi connectivity index (χ0v) is 20.3. The lowest BCUT2D eigenvalue weighted by Gasteiger charge is -2.34. The SMILES string of the molecule is O=C(Nc1ccc(-n2ccccc2=O)cc1F)C1CN(C(=O)Nc2ccc(Cl)cc2)Cc2ccccc21. The van der Waals surface area contributed by atoms with Gasteiger partial charge in [0.05, 0.1) is 17.3 Å². The Morgan fingerprint density at radius 2 is 1.68 bits per heavy atom. The number of halogens is 2. The summed E-state index contributed by atoms with van der Waals surface area (Å²) in [4.78, 5) is 40.0. The van der Waals surface area contributed by atoms with Crippen molar-refractivity contribution in [3.63, 3.8) is 0 Å². The van der Waals surface area contributed by atoms with E-state index >= 15 is 0 Å². The fourth-order valence-electron chi connectivity index (χ4n) is 4.34. The van der Waals surface area contributed by atoms with E-state index in [-0.39, 0.29) is 23.8 Å². The number of hydrogen-bond acceptors (Lipinski definition) is 3. The zero-order chi connectivity index (χ0) is 25.9. The van der Waals surface area contributed by atoms with E-state index in [2.05, 4.69) is 10.6 Å². The van der Waals surface area contributed by atoms with E-state index in [1.54, 1.807) is 47.4 Å². The summed E-state index contributed by atoms with van der Waals surface area (Å²) in [5, 5.41) is 6.03. The quantitative estimate of drug-likeness (QED) is 0.381. The minimum atomic E-state index is -0.711. The van der Waals surface area contributed by atoms with E-state index in [1.165, 1.54) is 29.0 Å². The van der Waals surface area contributed by atoms with Crippen molar-refractivity contribution in [1.82, 2.24) is 9.47 Å². The first kappa shape index (κ1) is 24.3. The van der Waals surface area contributed by atoms with Crippen LogP contribution in [0.1, 0.15) is 17.0 Å². The minimum absolute atomic E-state index is 0.0158. The molecule has 0 aliphatic carbocycles. The van der Waals surface area contributed by atoms with Crippen LogP contribution < -0.4 is 16.2 Å². The van der Waals surface area contributed by atoms with Gasteiger partial charge >= 0.3 is 6.03 Å². The molecule has 186 valence electrons. The molecule has 7 nitrogen and oxygen atoms in total. The van der Waals surface area contributed by atoms with E-state index in [0.29, 0.717) is 22.9 Å². The van der Waals surface area contributed by atoms with Gasteiger partial charge in [-0.25, -0.2) is 9.18 Å². The lowest BCUT2D eigenvalue weighted by molar-refractivity contribution is -0.118. The number of pyridine rings is 1. The molecular formula is C28H22ClFN4O3. The van der Waals surface area contributed by atoms with Crippen molar-refractivity contribution in [2.24, 2.45) is 0 Å². The van der Waals surface area contributed by atoms with Gasteiger partial charge in [-0.3, -0.25) is 14.2 Å². The van der Waals surface area contributed by atoms with Gasteiger partial charge in [-0.15, -0.1) is 0 Å². The summed E-state index contributed by atoms with van der Waals surface area (Å²) in [5.74, 6) is -1.83. The second-order valence-corrected chi connectivity index (χ2v) is 9.07. The number of carbonyl (C=O) groups excluding carboxylic acids is 2. The van der Waals surface area contributed by atoms with Gasteiger partial charge < -0.3 is 15.5 Å². The first-order valence-electron chi connectivity index (χ1n) is 11.6. The number of rotatable bonds is 4. The predicted octanol–water partition coefficient (Wildman–Crippen LogP) is 5.40. The number of aromatic nitrogens is 1. The van der Waals surface area contributed by atoms with E-state index in [4.69, 9.17) is 11.6 Å². The highest BCUT2D eigenvalue weighted by molar-refractivity contribution is 6.30. The molecule has 1 aromatic heterocycles. The highest BCUT2D eigenvalue weighted by Crippen LogP contribution is 2.30. The maximum Gasteiger partial charge on any atom is 0.322 e. The third-order valence-corrected chi connectivity index (χ3v) is 6.46. The average Bonchev–Trinajstić information content (AvgIpc) is 2.90. The molecule has 1 aliphatic heterocycles. The van der Waals surface area contributed by atoms with Crippen LogP contribution in [0.5, 0.6) is 0 Å². The Kier molecular flexibility index (Phi) is 6.74. The topological polar surface area (TPSA) is 83.4 Å². The third kappa shape index (κ3) is 5.24. The molecule has 0 radical (unpaired) electrons. The predicted molar refractivity (Wildman–Crippen MR) is 141 cm³/mol. The van der Waals surface area contributed by atoms with Crippen LogP contribution in [0.15, 0.2) is 95.9 Å². The molecule has 3 aromatic carbocycles. The summed E-state index contributed by atoms with van der Waals surface area (Å²) in [6.45, 7) is 0.440. The zero-order valence-electron chi connectivity index (χ0n) is 19.5. The Bertz CT molecular complexity index is 1540. The van der Waals surface area contributed by atoms with Gasteiger partial charge in [0.2, 0.25) is 5.91 Å². The molecule has 2 heterocycles. The molecule has 1 aliphatic rings. The highest BCUT2D eigenvalue weighted by atomic mass is 35.5. The highest BCUT2D eigenvalue weighted by Gasteiger charge is 2.33. The molecule has 0 saturated carbocycles. The maximum atomic E-state index is 15.0. The lowest BCUT2D eigenvalue weighted by Crippen LogP contribution is -2.43. The van der Waals surface area contributed by atoms with Crippen LogP contribution in [0.2, 0.25) is 5.02 Å². The number of hydrogen-bond donors (Lipinski definition) is 2. The van der Waals surface area contributed by atoms with Gasteiger partial charge in [0.15, 0.2) is 0 Å². The van der Waals surface area contributed by atoms with E-state index in [9.17, 15) is 18.8 Å². The molecule has 1 atom stereocenters. The standard InChI is InChI=1S/C28H22ClFN4O3/c29-19-8-10-20(11-9-19)31-28(37)33-16-18-5-1-2-6-22(18)23(17-33)27(36)32-25-13-12-21(15-24(25)30)34-14-4-3-7-26(34)35/h1-15,23H,16-17H2,(H,31,37)(H,32,36). The molecule has 3 amide bonds. The van der Waals surface area contributed by atoms with Crippen molar-refractivity contribution in [3.05, 3.63) is 123 Å². The largest absolute Gasteiger partial charge is 0.323 e. The maximum absolute atomic E-state index is 15.0. The molecule has 5 rings (SSSR count). The number of anilines is 2. The fraction of sp³-hybridized carbons (Fsp3) is 0.107. The Hall–Kier alpha value is -4.43. The molecule has 4 aromatic rings. The molecular weight excluding hydrogens is 495 g/mol. The van der Waals surface area contributed by atoms with Crippen LogP contribution >= 0.6 is 11.6 Å². The second-order valence-electron chi connectivity index (χ2n) is 8.63. The van der Waals surface area contributed by atoms with E-state index in [1.807, 2.05) is 24.3 Å². The van der Waals surface area contributed by atoms with Crippen LogP contribution in [0.25, 0.3) is 5.69 Å². The number of fused-ring (bicyclic) bond motifs is 1. The number of amides is 3. The number of urea groups is 1. The average molecular weight is 517 g/mol. The van der Waals surface area contributed by atoms with E-state index < -0.39 is 17.6 Å². The van der Waals surface area contributed by atoms with Crippen molar-refractivity contribution in [2.45, 2.75) is 12.5 Å². The normalized spacial score (nSPS) is 14.5. The number of nitrogens with zero attached hydrogens (tertiary/aromatic N) is 2. The van der Waals surface area contributed by atoms with Crippen molar-refractivity contribution >= 4 is 34.9 Å². The van der Waals surface area contributed by atoms with Crippen molar-refractivity contribution in [2.75, 3.05) is 17.2 Å². The number of benzene rings is 3. The van der Waals surface area contributed by atoms with Crippen LogP contribution in [0.3, 0.4) is 0 Å². The first-order valence-corrected chi connectivity index (χ1v) is 11.9. The minimum Gasteiger partial charge on any atom is -0.323 e. The molecule has 2 N–H and O–H groups in total. The van der Waals surface area contributed by atoms with E-state index in [0.717, 1.165) is 11.1 Å². The summed E-state index contributed by atoms with van der Waals surface area (Å²) in [7, 11) is 0. The molecule has 0 fully saturated rings. The molecule has 0 spiro atoms. The van der Waals surface area contributed by atoms with Crippen molar-refractivity contribution in [1.29, 1.82) is 0 Å². The molecule has 9 heteroatoms. The van der Waals surface area contributed by atoms with Crippen LogP contribution in [0, 0.1) is 5.82 Å². The Balaban J connectivity index is 1.36. The summed E-state index contributed by atoms with van der Waals surface area (Å²) >= 11 is 5.92. The second kappa shape index (κ2) is 10.3. The molecule has 0 bridgehead atoms. The molecule has 1 unspecified atom stereocenters. The van der Waals surface area contributed by atoms with Crippen LogP contribution in [0.4, 0.5) is 20.6 Å². The summed E-state index contributed by atoms with van der Waals surface area (Å²) < 4.78 is 16.3. The van der Waals surface area contributed by atoms with Crippen molar-refractivity contribution < 1.29 is 14.0 Å². The van der Waals surface area contributed by atoms with Gasteiger partial charge in [-0.1, -0.05) is 41.9 Å². The van der Waals surface area contributed by atoms with Crippen LogP contribution in [-0.4, -0.2) is 28.0 Å². The van der Waals surface area contributed by atoms with Gasteiger partial charge in [0, 0.05) is 42.1 Å². The van der Waals surface area contributed by atoms with Gasteiger partial charge in [0.1, 0.15) is 5.82 Å². The monoisotopic (exact) mass is 516 g/mol. The first-order chi connectivity index (χ1) is 17.9. The summed E-state index contributed by atoms with van der Waals surface area (Å²) in [6, 6.07) is 22.6. The van der Waals surface area contributed by atoms with Gasteiger partial charge in [0.25, 0.3) is 5.56 Å². The Morgan fingerprint density at radius 3 is 2.43 bits per heavy atom. The van der Waals surface area contributed by atoms with Crippen molar-refractivity contribution in [3.8, 4) is 5.69 Å². The smallest absolute Gasteiger partial charge is 0.322 e. The summed E-state index contributed by atoms with van der Waals surface area (Å²) in [5.41, 5.74) is 2.22. The Morgan fingerprint density at radius 1 is 0.919 bits per heavy atom. The fourth-order valence-corrected chi connectivity index (χ4v) is 4.46. The molecule has 0 saturated heterocycles.